The van der Waals surface area contributed by atoms with E-state index in [-0.39, 0.29) is 23.9 Å². The van der Waals surface area contributed by atoms with Gasteiger partial charge in [-0.05, 0) is 49.9 Å². The first kappa shape index (κ1) is 20.8. The molecule has 3 aromatic rings. The SMILES string of the molecule is O=C(OCC1CCCN1Cc1ccccc1)N1CCC(n2c(=O)[nH]c3ccccc32)CC1. The number of aromatic amines is 1. The predicted molar refractivity (Wildman–Crippen MR) is 124 cm³/mol. The van der Waals surface area contributed by atoms with Gasteiger partial charge >= 0.3 is 11.8 Å². The molecule has 1 atom stereocenters. The van der Waals surface area contributed by atoms with Gasteiger partial charge in [-0.15, -0.1) is 0 Å². The number of likely N-dealkylation sites (tertiary alicyclic amines) is 2. The zero-order valence-corrected chi connectivity index (χ0v) is 18.3. The Balaban J connectivity index is 1.14. The molecule has 1 aromatic heterocycles. The van der Waals surface area contributed by atoms with Crippen molar-refractivity contribution in [1.82, 2.24) is 19.4 Å². The van der Waals surface area contributed by atoms with Crippen LogP contribution < -0.4 is 5.69 Å². The first-order valence-corrected chi connectivity index (χ1v) is 11.6. The molecule has 0 radical (unpaired) electrons. The summed E-state index contributed by atoms with van der Waals surface area (Å²) in [6.07, 6.45) is 3.47. The molecule has 2 aromatic carbocycles. The van der Waals surface area contributed by atoms with Gasteiger partial charge in [-0.25, -0.2) is 9.59 Å². The van der Waals surface area contributed by atoms with Crippen molar-refractivity contribution in [3.05, 3.63) is 70.6 Å². The lowest BCUT2D eigenvalue weighted by atomic mass is 10.0. The number of benzene rings is 2. The molecular formula is C25H30N4O3. The molecule has 1 amide bonds. The number of fused-ring (bicyclic) bond motifs is 1. The van der Waals surface area contributed by atoms with Gasteiger partial charge in [-0.1, -0.05) is 42.5 Å². The van der Waals surface area contributed by atoms with Gasteiger partial charge in [0, 0.05) is 31.7 Å². The highest BCUT2D eigenvalue weighted by Crippen LogP contribution is 2.26. The fraction of sp³-hybridized carbons (Fsp3) is 0.440. The number of para-hydroxylation sites is 2. The number of nitrogens with one attached hydrogen (secondary N) is 1. The Bertz CT molecular complexity index is 1110. The van der Waals surface area contributed by atoms with Crippen molar-refractivity contribution in [2.24, 2.45) is 0 Å². The van der Waals surface area contributed by atoms with Gasteiger partial charge in [-0.3, -0.25) is 9.47 Å². The fourth-order valence-corrected chi connectivity index (χ4v) is 5.11. The number of H-pyrrole nitrogens is 1. The number of nitrogens with zero attached hydrogens (tertiary/aromatic N) is 3. The Labute approximate surface area is 187 Å². The van der Waals surface area contributed by atoms with Crippen LogP contribution in [0.2, 0.25) is 0 Å². The quantitative estimate of drug-likeness (QED) is 0.664. The maximum atomic E-state index is 12.7. The molecule has 2 aliphatic heterocycles. The van der Waals surface area contributed by atoms with Crippen LogP contribution in [0.15, 0.2) is 59.4 Å². The number of amides is 1. The largest absolute Gasteiger partial charge is 0.448 e. The third kappa shape index (κ3) is 4.30. The number of rotatable bonds is 5. The highest BCUT2D eigenvalue weighted by atomic mass is 16.6. The summed E-state index contributed by atoms with van der Waals surface area (Å²) < 4.78 is 7.57. The summed E-state index contributed by atoms with van der Waals surface area (Å²) in [6, 6.07) is 18.6. The normalized spacial score (nSPS) is 20.1. The van der Waals surface area contributed by atoms with E-state index in [1.54, 1.807) is 4.90 Å². The third-order valence-electron chi connectivity index (χ3n) is 6.84. The molecule has 0 saturated carbocycles. The Kier molecular flexibility index (Phi) is 5.99. The first-order valence-electron chi connectivity index (χ1n) is 11.6. The summed E-state index contributed by atoms with van der Waals surface area (Å²) in [7, 11) is 0. The second-order valence-corrected chi connectivity index (χ2v) is 8.86. The molecule has 1 unspecified atom stereocenters. The van der Waals surface area contributed by atoms with Crippen molar-refractivity contribution in [3.8, 4) is 0 Å². The summed E-state index contributed by atoms with van der Waals surface area (Å²) in [5, 5.41) is 0. The van der Waals surface area contributed by atoms with E-state index in [1.165, 1.54) is 5.56 Å². The van der Waals surface area contributed by atoms with E-state index in [9.17, 15) is 9.59 Å². The van der Waals surface area contributed by atoms with E-state index in [1.807, 2.05) is 34.9 Å². The predicted octanol–water partition coefficient (Wildman–Crippen LogP) is 3.77. The fourth-order valence-electron chi connectivity index (χ4n) is 5.11. The van der Waals surface area contributed by atoms with Gasteiger partial charge < -0.3 is 14.6 Å². The topological polar surface area (TPSA) is 70.6 Å². The molecule has 0 aliphatic carbocycles. The maximum absolute atomic E-state index is 12.7. The van der Waals surface area contributed by atoms with Crippen LogP contribution in [0, 0.1) is 0 Å². The molecule has 7 nitrogen and oxygen atoms in total. The molecule has 5 rings (SSSR count). The average Bonchev–Trinajstić information content (AvgIpc) is 3.41. The van der Waals surface area contributed by atoms with Crippen LogP contribution in [0.1, 0.15) is 37.3 Å². The van der Waals surface area contributed by atoms with Crippen molar-refractivity contribution in [1.29, 1.82) is 0 Å². The highest BCUT2D eigenvalue weighted by molar-refractivity contribution is 5.75. The lowest BCUT2D eigenvalue weighted by molar-refractivity contribution is 0.0652. The Hall–Kier alpha value is -3.06. The lowest BCUT2D eigenvalue weighted by Crippen LogP contribution is -2.42. The van der Waals surface area contributed by atoms with E-state index >= 15 is 0 Å². The van der Waals surface area contributed by atoms with Gasteiger partial charge in [0.05, 0.1) is 11.0 Å². The number of aromatic nitrogens is 2. The van der Waals surface area contributed by atoms with Crippen LogP contribution in [-0.2, 0) is 11.3 Å². The number of imidazole rings is 1. The molecule has 7 heteroatoms. The highest BCUT2D eigenvalue weighted by Gasteiger charge is 2.29. The molecule has 3 heterocycles. The van der Waals surface area contributed by atoms with Crippen LogP contribution >= 0.6 is 0 Å². The molecule has 32 heavy (non-hydrogen) atoms. The Morgan fingerprint density at radius 1 is 0.969 bits per heavy atom. The van der Waals surface area contributed by atoms with Gasteiger partial charge in [0.15, 0.2) is 0 Å². The summed E-state index contributed by atoms with van der Waals surface area (Å²) in [5.74, 6) is 0. The van der Waals surface area contributed by atoms with E-state index in [2.05, 4.69) is 34.1 Å². The third-order valence-corrected chi connectivity index (χ3v) is 6.84. The molecule has 0 spiro atoms. The average molecular weight is 435 g/mol. The lowest BCUT2D eigenvalue weighted by Gasteiger charge is -2.32. The van der Waals surface area contributed by atoms with Crippen LogP contribution in [-0.4, -0.2) is 57.7 Å². The molecule has 1 N–H and O–H groups in total. The summed E-state index contributed by atoms with van der Waals surface area (Å²) >= 11 is 0. The van der Waals surface area contributed by atoms with Gasteiger partial charge in [-0.2, -0.15) is 0 Å². The summed E-state index contributed by atoms with van der Waals surface area (Å²) in [4.78, 5) is 32.3. The zero-order valence-electron chi connectivity index (χ0n) is 18.3. The van der Waals surface area contributed by atoms with Crippen LogP contribution in [0.25, 0.3) is 11.0 Å². The van der Waals surface area contributed by atoms with Crippen molar-refractivity contribution in [3.63, 3.8) is 0 Å². The minimum absolute atomic E-state index is 0.0769. The molecule has 2 saturated heterocycles. The van der Waals surface area contributed by atoms with E-state index in [4.69, 9.17) is 4.74 Å². The molecular weight excluding hydrogens is 404 g/mol. The number of hydrogen-bond acceptors (Lipinski definition) is 4. The van der Waals surface area contributed by atoms with Crippen LogP contribution in [0.3, 0.4) is 0 Å². The number of piperidine rings is 1. The van der Waals surface area contributed by atoms with Gasteiger partial charge in [0.1, 0.15) is 6.61 Å². The standard InChI is InChI=1S/C25H30N4O3/c30-24-26-22-10-4-5-11-23(22)29(24)20-12-15-27(16-13-20)25(31)32-18-21-9-6-14-28(21)17-19-7-2-1-3-8-19/h1-5,7-8,10-11,20-21H,6,9,12-18H2,(H,26,30). The molecule has 168 valence electrons. The summed E-state index contributed by atoms with van der Waals surface area (Å²) in [5.41, 5.74) is 3.00. The van der Waals surface area contributed by atoms with E-state index in [0.717, 1.165) is 49.8 Å². The zero-order chi connectivity index (χ0) is 21.9. The second-order valence-electron chi connectivity index (χ2n) is 8.86. The number of carbonyl (C=O) groups is 1. The first-order chi connectivity index (χ1) is 15.7. The van der Waals surface area contributed by atoms with Crippen molar-refractivity contribution < 1.29 is 9.53 Å². The molecule has 0 bridgehead atoms. The molecule has 2 aliphatic rings. The Morgan fingerprint density at radius 2 is 1.72 bits per heavy atom. The van der Waals surface area contributed by atoms with Gasteiger partial charge in [0.2, 0.25) is 0 Å². The minimum Gasteiger partial charge on any atom is -0.448 e. The van der Waals surface area contributed by atoms with Gasteiger partial charge in [0.25, 0.3) is 0 Å². The van der Waals surface area contributed by atoms with E-state index in [0.29, 0.717) is 19.7 Å². The van der Waals surface area contributed by atoms with Crippen molar-refractivity contribution in [2.75, 3.05) is 26.2 Å². The Morgan fingerprint density at radius 3 is 2.53 bits per heavy atom. The minimum atomic E-state index is -0.235. The number of hydrogen-bond donors (Lipinski definition) is 1. The van der Waals surface area contributed by atoms with Crippen molar-refractivity contribution >= 4 is 17.1 Å². The summed E-state index contributed by atoms with van der Waals surface area (Å²) in [6.45, 7) is 3.59. The smallest absolute Gasteiger partial charge is 0.409 e. The number of carbonyl (C=O) groups excluding carboxylic acids is 1. The maximum Gasteiger partial charge on any atom is 0.409 e. The molecule has 2 fully saturated rings. The number of ether oxygens (including phenoxy) is 1. The van der Waals surface area contributed by atoms with E-state index < -0.39 is 0 Å². The monoisotopic (exact) mass is 434 g/mol. The second kappa shape index (κ2) is 9.20. The van der Waals surface area contributed by atoms with Crippen LogP contribution in [0.4, 0.5) is 4.79 Å². The van der Waals surface area contributed by atoms with Crippen molar-refractivity contribution in [2.45, 2.75) is 44.3 Å². The van der Waals surface area contributed by atoms with Crippen LogP contribution in [0.5, 0.6) is 0 Å².